The summed E-state index contributed by atoms with van der Waals surface area (Å²) in [4.78, 5) is 62.7. The average molecular weight is 1410 g/mol. The Morgan fingerprint density at radius 1 is 0.450 bits per heavy atom. The zero-order valence-electron chi connectivity index (χ0n) is 64.8. The van der Waals surface area contributed by atoms with Gasteiger partial charge in [0.25, 0.3) is 0 Å². The number of carbonyl (C=O) groups is 5. The van der Waals surface area contributed by atoms with Crippen molar-refractivity contribution in [2.24, 2.45) is 56.7 Å². The molecule has 15 fully saturated rings. The second-order valence-electron chi connectivity index (χ2n) is 36.1. The number of carbonyl (C=O) groups excluding carboxylic acids is 5. The van der Waals surface area contributed by atoms with Gasteiger partial charge in [0, 0.05) is 96.1 Å². The third kappa shape index (κ3) is 16.7. The van der Waals surface area contributed by atoms with Crippen LogP contribution in [0.25, 0.3) is 0 Å². The fourth-order valence-corrected chi connectivity index (χ4v) is 21.1. The summed E-state index contributed by atoms with van der Waals surface area (Å²) in [6.45, 7) is 41.5. The molecule has 14 saturated carbocycles. The Labute approximate surface area is 597 Å². The fourth-order valence-electron chi connectivity index (χ4n) is 21.1. The molecule has 0 aromatic carbocycles. The molecule has 14 aliphatic carbocycles. The van der Waals surface area contributed by atoms with Crippen LogP contribution < -0.4 is 0 Å². The number of nitriles is 1. The molecule has 1 heterocycles. The molecule has 0 spiro atoms. The van der Waals surface area contributed by atoms with Crippen molar-refractivity contribution in [3.05, 3.63) is 0 Å². The van der Waals surface area contributed by atoms with Crippen molar-refractivity contribution >= 4 is 29.8 Å². The summed E-state index contributed by atoms with van der Waals surface area (Å²) in [5.74, 6) is -0.0501. The Hall–Kier alpha value is -3.56. The summed E-state index contributed by atoms with van der Waals surface area (Å²) in [7, 11) is 0. The first-order chi connectivity index (χ1) is 46.5. The van der Waals surface area contributed by atoms with Crippen LogP contribution >= 0.6 is 0 Å². The molecule has 1 aliphatic heterocycles. The van der Waals surface area contributed by atoms with Crippen molar-refractivity contribution in [1.29, 1.82) is 5.26 Å². The van der Waals surface area contributed by atoms with E-state index in [4.69, 9.17) is 61.6 Å². The number of rotatable bonds is 28. The SMILES string of the molecule is CCC(C)(C)C(=O)OC12CC3CC(O)(CC(O)(C3)C1)C2.CCC(C)(C)C(=O)OC1C2CC3C1OC(=O)C3(C#N)C2.CCOC(C)OC12CC3CC(OC(=O)C(C)(C)CC)(C1)CC(OC(C)OCC)(C3)C2.CCOC(C)OC12CC3CC(OC(=O)C(C)(C)CC)(C1)CC(OC(C)OCC)(C3)C2. The van der Waals surface area contributed by atoms with Crippen LogP contribution in [-0.2, 0) is 85.6 Å². The normalized spacial score (nSPS) is 39.9. The van der Waals surface area contributed by atoms with Gasteiger partial charge in [0.05, 0.1) is 61.3 Å². The van der Waals surface area contributed by atoms with Gasteiger partial charge in [-0.05, 0) is 225 Å². The molecule has 15 atom stereocenters. The first-order valence-corrected chi connectivity index (χ1v) is 38.6. The molecule has 15 unspecified atom stereocenters. The lowest BCUT2D eigenvalue weighted by molar-refractivity contribution is -0.335. The average Bonchev–Trinajstić information content (AvgIpc) is 0.920. The Kier molecular flexibility index (Phi) is 23.6. The highest BCUT2D eigenvalue weighted by molar-refractivity contribution is 5.85. The molecule has 2 N–H and O–H groups in total. The molecule has 15 aliphatic rings. The quantitative estimate of drug-likeness (QED) is 0.0418. The zero-order chi connectivity index (χ0) is 73.9. The topological polar surface area (TPSA) is 270 Å². The van der Waals surface area contributed by atoms with Crippen LogP contribution in [0.5, 0.6) is 0 Å². The lowest BCUT2D eigenvalue weighted by Crippen LogP contribution is -2.69. The van der Waals surface area contributed by atoms with Crippen molar-refractivity contribution in [3.63, 3.8) is 0 Å². The highest BCUT2D eigenvalue weighted by atomic mass is 16.7. The lowest BCUT2D eigenvalue weighted by atomic mass is 9.50. The standard InChI is InChI=1S/2C24H42O6.C16H26O4.C15H19NO4/c2*1-8-21(6,7)20(25)30-24-13-19-11-22(15-24,28-17(4)26-9-2)14-23(12-19,16-24)29-18(5)27-10-3;1-4-13(2,3)12(17)20-16-7-11-5-14(18,9-16)8-15(19,6-11)10-16;1-4-14(2,3)12(17)19-10-8-5-9-11(10)20-13(18)15(9,6-8)7-16/h2*17-19H,8-16H2,1-7H3;11,18-19H,4-10H2,1-3H3;8-11H,4-6H2,1-3H3. The second-order valence-corrected chi connectivity index (χ2v) is 36.1. The van der Waals surface area contributed by atoms with Crippen LogP contribution in [0.1, 0.15) is 293 Å². The molecule has 14 bridgehead atoms. The van der Waals surface area contributed by atoms with Crippen molar-refractivity contribution in [2.45, 2.75) is 380 Å². The predicted octanol–water partition coefficient (Wildman–Crippen LogP) is 13.9. The molecule has 0 radical (unpaired) electrons. The van der Waals surface area contributed by atoms with E-state index >= 15 is 0 Å². The number of esters is 5. The van der Waals surface area contributed by atoms with Gasteiger partial charge in [0.15, 0.2) is 30.6 Å². The molecule has 21 heteroatoms. The highest BCUT2D eigenvalue weighted by Crippen LogP contribution is 2.67. The Bertz CT molecular complexity index is 2790. The Balaban J connectivity index is 0.000000158. The van der Waals surface area contributed by atoms with Crippen LogP contribution in [0, 0.1) is 68.0 Å². The van der Waals surface area contributed by atoms with E-state index in [-0.39, 0.29) is 72.9 Å². The molecule has 1 saturated heterocycles. The first kappa shape index (κ1) is 80.5. The van der Waals surface area contributed by atoms with Crippen LogP contribution in [-0.4, -0.2) is 154 Å². The molecular formula is C79H129NO20. The van der Waals surface area contributed by atoms with E-state index in [1.807, 2.05) is 138 Å². The number of fused-ring (bicyclic) bond motifs is 1. The molecule has 0 amide bonds. The summed E-state index contributed by atoms with van der Waals surface area (Å²) in [5, 5.41) is 30.6. The van der Waals surface area contributed by atoms with E-state index in [0.717, 1.165) is 96.3 Å². The van der Waals surface area contributed by atoms with Crippen molar-refractivity contribution in [1.82, 2.24) is 0 Å². The number of aliphatic hydroxyl groups is 2. The molecule has 100 heavy (non-hydrogen) atoms. The first-order valence-electron chi connectivity index (χ1n) is 38.6. The van der Waals surface area contributed by atoms with E-state index in [1.165, 1.54) is 0 Å². The Morgan fingerprint density at radius 2 is 0.740 bits per heavy atom. The third-order valence-electron chi connectivity index (χ3n) is 25.7. The monoisotopic (exact) mass is 1410 g/mol. The summed E-state index contributed by atoms with van der Waals surface area (Å²) in [6.07, 6.45) is 15.9. The minimum absolute atomic E-state index is 0.0766. The van der Waals surface area contributed by atoms with Crippen molar-refractivity contribution < 1.29 is 95.8 Å². The summed E-state index contributed by atoms with van der Waals surface area (Å²) in [6, 6.07) is 2.15. The summed E-state index contributed by atoms with van der Waals surface area (Å²) < 4.78 is 78.7. The fraction of sp³-hybridized carbons (Fsp3) is 0.924. The molecular weight excluding hydrogens is 1280 g/mol. The number of hydrogen-bond acceptors (Lipinski definition) is 21. The van der Waals surface area contributed by atoms with Crippen LogP contribution in [0.2, 0.25) is 0 Å². The van der Waals surface area contributed by atoms with E-state index < -0.39 is 89.6 Å². The van der Waals surface area contributed by atoms with Crippen molar-refractivity contribution in [3.8, 4) is 6.07 Å². The van der Waals surface area contributed by atoms with E-state index in [1.54, 1.807) is 0 Å². The molecule has 15 rings (SSSR count). The maximum Gasteiger partial charge on any atom is 0.327 e. The largest absolute Gasteiger partial charge is 0.458 e. The van der Waals surface area contributed by atoms with Gasteiger partial charge in [0.2, 0.25) is 0 Å². The van der Waals surface area contributed by atoms with E-state index in [0.29, 0.717) is 96.1 Å². The van der Waals surface area contributed by atoms with Gasteiger partial charge in [-0.2, -0.15) is 5.26 Å². The van der Waals surface area contributed by atoms with Gasteiger partial charge >= 0.3 is 29.8 Å². The van der Waals surface area contributed by atoms with Crippen molar-refractivity contribution in [2.75, 3.05) is 26.4 Å². The van der Waals surface area contributed by atoms with Crippen LogP contribution in [0.3, 0.4) is 0 Å². The number of nitrogens with zero attached hydrogens (tertiary/aromatic N) is 1. The minimum atomic E-state index is -0.974. The molecule has 21 nitrogen and oxygen atoms in total. The zero-order valence-corrected chi connectivity index (χ0v) is 64.8. The van der Waals surface area contributed by atoms with E-state index in [9.17, 15) is 39.4 Å². The highest BCUT2D eigenvalue weighted by Gasteiger charge is 2.74. The summed E-state index contributed by atoms with van der Waals surface area (Å²) >= 11 is 0. The maximum absolute atomic E-state index is 13.1. The number of hydrogen-bond donors (Lipinski definition) is 2. The van der Waals surface area contributed by atoms with E-state index in [2.05, 4.69) is 6.07 Å². The molecule has 0 aromatic heterocycles. The third-order valence-corrected chi connectivity index (χ3v) is 25.7. The lowest BCUT2D eigenvalue weighted by Gasteiger charge is -2.65. The van der Waals surface area contributed by atoms with Gasteiger partial charge in [0.1, 0.15) is 29.0 Å². The van der Waals surface area contributed by atoms with Gasteiger partial charge in [-0.1, -0.05) is 27.7 Å². The van der Waals surface area contributed by atoms with Crippen LogP contribution in [0.15, 0.2) is 0 Å². The van der Waals surface area contributed by atoms with Gasteiger partial charge in [-0.3, -0.25) is 24.0 Å². The maximum atomic E-state index is 13.1. The smallest absolute Gasteiger partial charge is 0.327 e. The second kappa shape index (κ2) is 29.3. The van der Waals surface area contributed by atoms with Gasteiger partial charge < -0.3 is 71.8 Å². The van der Waals surface area contributed by atoms with Crippen LogP contribution in [0.4, 0.5) is 0 Å². The predicted molar refractivity (Wildman–Crippen MR) is 370 cm³/mol. The van der Waals surface area contributed by atoms with Gasteiger partial charge in [-0.15, -0.1) is 0 Å². The molecule has 0 aromatic rings. The minimum Gasteiger partial charge on any atom is -0.458 e. The molecule has 570 valence electrons. The summed E-state index contributed by atoms with van der Waals surface area (Å²) in [5.41, 5.74) is -7.99. The number of ether oxygens (including phenoxy) is 13. The Morgan fingerprint density at radius 3 is 1.04 bits per heavy atom. The van der Waals surface area contributed by atoms with Gasteiger partial charge in [-0.25, -0.2) is 0 Å².